The molecule has 2 aromatic carbocycles. The van der Waals surface area contributed by atoms with Crippen LogP contribution in [0, 0.1) is 0 Å². The Morgan fingerprint density at radius 2 is 1.08 bits per heavy atom. The predicted molar refractivity (Wildman–Crippen MR) is 152 cm³/mol. The normalized spacial score (nSPS) is 15.1. The first-order valence-corrected chi connectivity index (χ1v) is 13.6. The van der Waals surface area contributed by atoms with Crippen molar-refractivity contribution in [2.24, 2.45) is 0 Å². The number of hydrogen-bond donors (Lipinski definition) is 5. The van der Waals surface area contributed by atoms with E-state index < -0.39 is 17.5 Å². The van der Waals surface area contributed by atoms with Crippen molar-refractivity contribution >= 4 is 22.7 Å². The van der Waals surface area contributed by atoms with Gasteiger partial charge in [-0.15, -0.1) is 0 Å². The molecule has 0 amide bonds. The van der Waals surface area contributed by atoms with Gasteiger partial charge in [0.05, 0.1) is 16.7 Å². The molecule has 5 N–H and O–H groups in total. The van der Waals surface area contributed by atoms with Gasteiger partial charge in [0.2, 0.25) is 0 Å². The van der Waals surface area contributed by atoms with Crippen LogP contribution in [0.25, 0.3) is 5.57 Å². The quantitative estimate of drug-likeness (QED) is 0.185. The van der Waals surface area contributed by atoms with Gasteiger partial charge in [0, 0.05) is 62.8 Å². The van der Waals surface area contributed by atoms with Crippen molar-refractivity contribution in [2.75, 3.05) is 37.0 Å². The lowest BCUT2D eigenvalue weighted by Gasteiger charge is -2.31. The first kappa shape index (κ1) is 29.0. The number of aliphatic hydroxyl groups is 1. The second kappa shape index (κ2) is 12.8. The monoisotopic (exact) mass is 526 g/mol. The number of anilines is 2. The van der Waals surface area contributed by atoms with Crippen LogP contribution in [0.4, 0.5) is 11.4 Å². The molecular weight excluding hydrogens is 484 g/mol. The van der Waals surface area contributed by atoms with E-state index in [2.05, 4.69) is 13.8 Å². The number of hydrogen-bond acceptors (Lipinski definition) is 8. The van der Waals surface area contributed by atoms with E-state index in [9.17, 15) is 30.3 Å². The third-order valence-electron chi connectivity index (χ3n) is 7.36. The molecule has 0 saturated heterocycles. The zero-order chi connectivity index (χ0) is 28.0. The molecule has 38 heavy (non-hydrogen) atoms. The van der Waals surface area contributed by atoms with Crippen LogP contribution in [0.5, 0.6) is 23.0 Å². The number of carbonyl (C=O) groups is 1. The van der Waals surface area contributed by atoms with Gasteiger partial charge in [-0.25, -0.2) is 0 Å². The summed E-state index contributed by atoms with van der Waals surface area (Å²) in [5, 5.41) is 53.6. The van der Waals surface area contributed by atoms with Crippen LogP contribution < -0.4 is 9.80 Å². The first-order valence-electron chi connectivity index (χ1n) is 13.6. The zero-order valence-corrected chi connectivity index (χ0v) is 23.0. The summed E-state index contributed by atoms with van der Waals surface area (Å²) in [4.78, 5) is 17.0. The smallest absolute Gasteiger partial charge is 0.182 e. The number of phenolic OH excluding ortho intramolecular Hbond substituents is 4. The SMILES string of the molecule is CCCCCCN(C)c1cc(O)c(C2=C(O)C(c3c(O)cc(N(C)CCCCCC)cc3O)C2=O)c(O)c1. The number of unbranched alkanes of at least 4 members (excludes halogenated alkanes) is 6. The number of carbonyl (C=O) groups excluding carboxylic acids is 1. The maximum absolute atomic E-state index is 13.1. The van der Waals surface area contributed by atoms with Gasteiger partial charge in [-0.3, -0.25) is 4.79 Å². The van der Waals surface area contributed by atoms with Crippen molar-refractivity contribution in [2.45, 2.75) is 71.1 Å². The van der Waals surface area contributed by atoms with E-state index in [-0.39, 0.29) is 39.7 Å². The Labute approximate surface area is 225 Å². The molecule has 0 heterocycles. The van der Waals surface area contributed by atoms with Crippen molar-refractivity contribution in [1.82, 2.24) is 0 Å². The largest absolute Gasteiger partial charge is 0.510 e. The molecule has 8 heteroatoms. The van der Waals surface area contributed by atoms with Crippen LogP contribution in [-0.4, -0.2) is 58.5 Å². The molecule has 0 radical (unpaired) electrons. The van der Waals surface area contributed by atoms with Gasteiger partial charge >= 0.3 is 0 Å². The average molecular weight is 527 g/mol. The summed E-state index contributed by atoms with van der Waals surface area (Å²) >= 11 is 0. The Morgan fingerprint density at radius 1 is 0.658 bits per heavy atom. The highest BCUT2D eigenvalue weighted by Gasteiger charge is 2.46. The molecule has 1 aliphatic carbocycles. The van der Waals surface area contributed by atoms with Crippen molar-refractivity contribution in [3.63, 3.8) is 0 Å². The fourth-order valence-electron chi connectivity index (χ4n) is 4.99. The molecule has 1 aliphatic rings. The Kier molecular flexibility index (Phi) is 9.78. The fourth-order valence-corrected chi connectivity index (χ4v) is 4.99. The molecule has 3 rings (SSSR count). The number of Topliss-reactive ketones (excluding diaryl/α,β-unsaturated/α-hetero) is 1. The first-order chi connectivity index (χ1) is 18.1. The fraction of sp³-hybridized carbons (Fsp3) is 0.500. The van der Waals surface area contributed by atoms with Crippen molar-refractivity contribution in [3.05, 3.63) is 41.2 Å². The molecule has 8 nitrogen and oxygen atoms in total. The summed E-state index contributed by atoms with van der Waals surface area (Å²) in [6, 6.07) is 5.84. The molecule has 0 spiro atoms. The number of phenols is 4. The molecule has 0 aromatic heterocycles. The minimum atomic E-state index is -1.28. The lowest BCUT2D eigenvalue weighted by Crippen LogP contribution is -2.29. The molecule has 0 saturated carbocycles. The summed E-state index contributed by atoms with van der Waals surface area (Å²) in [5.41, 5.74) is 0.711. The topological polar surface area (TPSA) is 125 Å². The second-order valence-electron chi connectivity index (χ2n) is 10.3. The van der Waals surface area contributed by atoms with Crippen LogP contribution in [0.15, 0.2) is 30.0 Å². The van der Waals surface area contributed by atoms with Gasteiger partial charge in [-0.05, 0) is 12.8 Å². The number of nitrogens with zero attached hydrogens (tertiary/aromatic N) is 2. The van der Waals surface area contributed by atoms with Gasteiger partial charge < -0.3 is 35.3 Å². The van der Waals surface area contributed by atoms with E-state index in [1.807, 2.05) is 23.9 Å². The van der Waals surface area contributed by atoms with Crippen LogP contribution in [0.2, 0.25) is 0 Å². The summed E-state index contributed by atoms with van der Waals surface area (Å²) < 4.78 is 0. The van der Waals surface area contributed by atoms with E-state index >= 15 is 0 Å². The molecule has 0 bridgehead atoms. The second-order valence-corrected chi connectivity index (χ2v) is 10.3. The molecule has 1 unspecified atom stereocenters. The molecular formula is C30H42N2O6. The van der Waals surface area contributed by atoms with E-state index in [1.54, 1.807) is 0 Å². The molecule has 0 aliphatic heterocycles. The van der Waals surface area contributed by atoms with E-state index in [4.69, 9.17) is 0 Å². The van der Waals surface area contributed by atoms with Crippen molar-refractivity contribution in [3.8, 4) is 23.0 Å². The van der Waals surface area contributed by atoms with Crippen LogP contribution >= 0.6 is 0 Å². The number of rotatable bonds is 14. The van der Waals surface area contributed by atoms with Crippen LogP contribution in [0.3, 0.4) is 0 Å². The Balaban J connectivity index is 1.82. The molecule has 2 aromatic rings. The number of aliphatic hydroxyl groups excluding tert-OH is 1. The standard InChI is InChI=1S/C30H42N2O6/c1-5-7-9-11-13-31(3)19-15-21(33)25(22(34)16-19)27-29(37)28(30(27)38)26-23(35)17-20(18-24(26)36)32(4)14-12-10-8-6-2/h15-18,27,33-37H,5-14H2,1-4H3. The van der Waals surface area contributed by atoms with Crippen LogP contribution in [0.1, 0.15) is 82.3 Å². The zero-order valence-electron chi connectivity index (χ0n) is 23.0. The highest BCUT2D eigenvalue weighted by molar-refractivity contribution is 6.33. The van der Waals surface area contributed by atoms with Gasteiger partial charge in [-0.1, -0.05) is 52.4 Å². The van der Waals surface area contributed by atoms with Gasteiger partial charge in [0.1, 0.15) is 34.7 Å². The van der Waals surface area contributed by atoms with Crippen molar-refractivity contribution in [1.29, 1.82) is 0 Å². The summed E-state index contributed by atoms with van der Waals surface area (Å²) in [5.74, 6) is -3.60. The van der Waals surface area contributed by atoms with E-state index in [0.29, 0.717) is 11.4 Å². The summed E-state index contributed by atoms with van der Waals surface area (Å²) in [7, 11) is 3.72. The number of benzene rings is 2. The highest BCUT2D eigenvalue weighted by Crippen LogP contribution is 2.52. The predicted octanol–water partition coefficient (Wildman–Crippen LogP) is 6.18. The number of allylic oxidation sites excluding steroid dienone is 2. The average Bonchev–Trinajstić information content (AvgIpc) is 2.88. The Hall–Kier alpha value is -3.55. The molecule has 208 valence electrons. The Morgan fingerprint density at radius 3 is 1.47 bits per heavy atom. The lowest BCUT2D eigenvalue weighted by atomic mass is 9.74. The third kappa shape index (κ3) is 6.11. The number of aromatic hydroxyl groups is 4. The minimum absolute atomic E-state index is 0.0956. The van der Waals surface area contributed by atoms with Gasteiger partial charge in [0.15, 0.2) is 5.78 Å². The molecule has 0 fully saturated rings. The molecule has 1 atom stereocenters. The van der Waals surface area contributed by atoms with Gasteiger partial charge in [-0.2, -0.15) is 0 Å². The lowest BCUT2D eigenvalue weighted by molar-refractivity contribution is -0.116. The number of ketones is 1. The van der Waals surface area contributed by atoms with Crippen LogP contribution in [-0.2, 0) is 4.79 Å². The Bertz CT molecular complexity index is 1130. The summed E-state index contributed by atoms with van der Waals surface area (Å²) in [6.45, 7) is 5.78. The van der Waals surface area contributed by atoms with E-state index in [0.717, 1.165) is 64.5 Å². The third-order valence-corrected chi connectivity index (χ3v) is 7.36. The highest BCUT2D eigenvalue weighted by atomic mass is 16.3. The van der Waals surface area contributed by atoms with E-state index in [1.165, 1.54) is 24.3 Å². The van der Waals surface area contributed by atoms with Crippen molar-refractivity contribution < 1.29 is 30.3 Å². The minimum Gasteiger partial charge on any atom is -0.510 e. The maximum atomic E-state index is 13.1. The van der Waals surface area contributed by atoms with Gasteiger partial charge in [0.25, 0.3) is 0 Å². The summed E-state index contributed by atoms with van der Waals surface area (Å²) in [6.07, 6.45) is 8.67. The maximum Gasteiger partial charge on any atom is 0.182 e.